The molecular formula is C8H17NOS. The maximum atomic E-state index is 5.32. The average molecular weight is 175 g/mol. The molecule has 3 heteroatoms. The SMILES string of the molecule is COC1CCCC(NSC)C1. The molecule has 1 fully saturated rings. The second kappa shape index (κ2) is 5.01. The number of ether oxygens (including phenoxy) is 1. The third kappa shape index (κ3) is 3.01. The summed E-state index contributed by atoms with van der Waals surface area (Å²) in [6.07, 6.45) is 7.60. The third-order valence-corrected chi connectivity index (χ3v) is 2.81. The van der Waals surface area contributed by atoms with Crippen molar-refractivity contribution in [2.75, 3.05) is 13.4 Å². The predicted molar refractivity (Wildman–Crippen MR) is 49.7 cm³/mol. The molecule has 2 unspecified atom stereocenters. The van der Waals surface area contributed by atoms with E-state index >= 15 is 0 Å². The molecule has 1 rings (SSSR count). The molecule has 1 aliphatic rings. The molecule has 0 spiro atoms. The lowest BCUT2D eigenvalue weighted by atomic mass is 9.94. The Morgan fingerprint density at radius 1 is 1.45 bits per heavy atom. The summed E-state index contributed by atoms with van der Waals surface area (Å²) < 4.78 is 8.70. The standard InChI is InChI=1S/C8H17NOS/c1-10-8-5-3-4-7(6-8)9-11-2/h7-9H,3-6H2,1-2H3. The Balaban J connectivity index is 2.21. The van der Waals surface area contributed by atoms with E-state index in [0.29, 0.717) is 12.1 Å². The summed E-state index contributed by atoms with van der Waals surface area (Å²) in [5, 5.41) is 0. The van der Waals surface area contributed by atoms with Gasteiger partial charge in [-0.05, 0) is 31.9 Å². The fourth-order valence-electron chi connectivity index (χ4n) is 1.63. The Labute approximate surface area is 73.2 Å². The Bertz CT molecular complexity index is 108. The van der Waals surface area contributed by atoms with E-state index in [-0.39, 0.29) is 0 Å². The molecule has 66 valence electrons. The summed E-state index contributed by atoms with van der Waals surface area (Å²) in [5.74, 6) is 0. The molecule has 11 heavy (non-hydrogen) atoms. The summed E-state index contributed by atoms with van der Waals surface area (Å²) >= 11 is 1.72. The van der Waals surface area contributed by atoms with Crippen molar-refractivity contribution in [2.45, 2.75) is 37.8 Å². The van der Waals surface area contributed by atoms with E-state index in [1.165, 1.54) is 25.7 Å². The summed E-state index contributed by atoms with van der Waals surface area (Å²) in [6, 6.07) is 0.670. The van der Waals surface area contributed by atoms with Crippen molar-refractivity contribution in [3.05, 3.63) is 0 Å². The van der Waals surface area contributed by atoms with E-state index in [2.05, 4.69) is 11.0 Å². The van der Waals surface area contributed by atoms with E-state index in [1.54, 1.807) is 11.9 Å². The third-order valence-electron chi connectivity index (χ3n) is 2.24. The van der Waals surface area contributed by atoms with Gasteiger partial charge >= 0.3 is 0 Å². The van der Waals surface area contributed by atoms with Crippen molar-refractivity contribution in [3.63, 3.8) is 0 Å². The number of hydrogen-bond acceptors (Lipinski definition) is 3. The lowest BCUT2D eigenvalue weighted by Crippen LogP contribution is -2.32. The highest BCUT2D eigenvalue weighted by Gasteiger charge is 2.20. The minimum absolute atomic E-state index is 0.494. The van der Waals surface area contributed by atoms with Gasteiger partial charge in [-0.25, -0.2) is 0 Å². The molecule has 1 aliphatic carbocycles. The van der Waals surface area contributed by atoms with Gasteiger partial charge in [0.1, 0.15) is 0 Å². The smallest absolute Gasteiger partial charge is 0.0586 e. The molecule has 0 aromatic carbocycles. The van der Waals surface area contributed by atoms with Gasteiger partial charge in [0.05, 0.1) is 6.10 Å². The van der Waals surface area contributed by atoms with Gasteiger partial charge in [0.2, 0.25) is 0 Å². The van der Waals surface area contributed by atoms with Crippen LogP contribution in [0.2, 0.25) is 0 Å². The molecule has 0 radical (unpaired) electrons. The van der Waals surface area contributed by atoms with Crippen LogP contribution in [0.4, 0.5) is 0 Å². The zero-order valence-electron chi connectivity index (χ0n) is 7.30. The molecule has 2 nitrogen and oxygen atoms in total. The zero-order chi connectivity index (χ0) is 8.10. The summed E-state index contributed by atoms with van der Waals surface area (Å²) in [7, 11) is 1.81. The number of nitrogens with one attached hydrogen (secondary N) is 1. The molecule has 2 atom stereocenters. The van der Waals surface area contributed by atoms with Crippen LogP contribution in [-0.4, -0.2) is 25.5 Å². The summed E-state index contributed by atoms with van der Waals surface area (Å²) in [5.41, 5.74) is 0. The van der Waals surface area contributed by atoms with Crippen molar-refractivity contribution in [3.8, 4) is 0 Å². The maximum Gasteiger partial charge on any atom is 0.0586 e. The van der Waals surface area contributed by atoms with Crippen LogP contribution in [0.5, 0.6) is 0 Å². The van der Waals surface area contributed by atoms with Gasteiger partial charge in [0, 0.05) is 13.2 Å². The predicted octanol–water partition coefficient (Wildman–Crippen LogP) is 1.81. The fraction of sp³-hybridized carbons (Fsp3) is 1.00. The highest BCUT2D eigenvalue weighted by atomic mass is 32.2. The van der Waals surface area contributed by atoms with Crippen LogP contribution in [0.3, 0.4) is 0 Å². The van der Waals surface area contributed by atoms with E-state index in [9.17, 15) is 0 Å². The van der Waals surface area contributed by atoms with Crippen molar-refractivity contribution in [1.29, 1.82) is 0 Å². The largest absolute Gasteiger partial charge is 0.381 e. The van der Waals surface area contributed by atoms with Gasteiger partial charge in [-0.15, -0.1) is 0 Å². The highest BCUT2D eigenvalue weighted by molar-refractivity contribution is 7.96. The zero-order valence-corrected chi connectivity index (χ0v) is 8.12. The molecule has 0 saturated heterocycles. The molecule has 0 aromatic heterocycles. The Hall–Kier alpha value is 0.270. The monoisotopic (exact) mass is 175 g/mol. The van der Waals surface area contributed by atoms with Crippen molar-refractivity contribution >= 4 is 11.9 Å². The van der Waals surface area contributed by atoms with Crippen LogP contribution in [0.25, 0.3) is 0 Å². The molecule has 0 aliphatic heterocycles. The van der Waals surface area contributed by atoms with Crippen LogP contribution in [0.1, 0.15) is 25.7 Å². The molecule has 0 amide bonds. The van der Waals surface area contributed by atoms with Crippen LogP contribution in [0, 0.1) is 0 Å². The second-order valence-electron chi connectivity index (χ2n) is 3.04. The van der Waals surface area contributed by atoms with Gasteiger partial charge in [-0.2, -0.15) is 0 Å². The topological polar surface area (TPSA) is 21.3 Å². The first-order valence-corrected chi connectivity index (χ1v) is 5.40. The van der Waals surface area contributed by atoms with Gasteiger partial charge in [-0.1, -0.05) is 11.9 Å². The lowest BCUT2D eigenvalue weighted by Gasteiger charge is -2.27. The van der Waals surface area contributed by atoms with Gasteiger partial charge in [-0.3, -0.25) is 4.72 Å². The number of hydrogen-bond donors (Lipinski definition) is 1. The summed E-state index contributed by atoms with van der Waals surface area (Å²) in [6.45, 7) is 0. The Morgan fingerprint density at radius 3 is 2.91 bits per heavy atom. The van der Waals surface area contributed by atoms with Crippen LogP contribution < -0.4 is 4.72 Å². The first kappa shape index (κ1) is 9.36. The van der Waals surface area contributed by atoms with Crippen molar-refractivity contribution in [2.24, 2.45) is 0 Å². The van der Waals surface area contributed by atoms with E-state index < -0.39 is 0 Å². The molecule has 1 N–H and O–H groups in total. The van der Waals surface area contributed by atoms with Gasteiger partial charge < -0.3 is 4.74 Å². The van der Waals surface area contributed by atoms with Crippen LogP contribution >= 0.6 is 11.9 Å². The first-order valence-electron chi connectivity index (χ1n) is 4.18. The molecule has 1 saturated carbocycles. The van der Waals surface area contributed by atoms with Crippen molar-refractivity contribution in [1.82, 2.24) is 4.72 Å². The summed E-state index contributed by atoms with van der Waals surface area (Å²) in [4.78, 5) is 0. The molecule has 0 aromatic rings. The van der Waals surface area contributed by atoms with Crippen LogP contribution in [-0.2, 0) is 4.74 Å². The normalized spacial score (nSPS) is 32.2. The lowest BCUT2D eigenvalue weighted by molar-refractivity contribution is 0.0626. The Kier molecular flexibility index (Phi) is 4.26. The van der Waals surface area contributed by atoms with Gasteiger partial charge in [0.25, 0.3) is 0 Å². The first-order chi connectivity index (χ1) is 5.36. The minimum Gasteiger partial charge on any atom is -0.381 e. The van der Waals surface area contributed by atoms with E-state index in [1.807, 2.05) is 7.11 Å². The quantitative estimate of drug-likeness (QED) is 0.661. The molecule has 0 bridgehead atoms. The van der Waals surface area contributed by atoms with Crippen LogP contribution in [0.15, 0.2) is 0 Å². The molecular weight excluding hydrogens is 158 g/mol. The Morgan fingerprint density at radius 2 is 2.27 bits per heavy atom. The number of methoxy groups -OCH3 is 1. The van der Waals surface area contributed by atoms with Gasteiger partial charge in [0.15, 0.2) is 0 Å². The maximum absolute atomic E-state index is 5.32. The van der Waals surface area contributed by atoms with Crippen molar-refractivity contribution < 1.29 is 4.74 Å². The fourth-order valence-corrected chi connectivity index (χ4v) is 2.18. The second-order valence-corrected chi connectivity index (χ2v) is 3.69. The number of rotatable bonds is 3. The highest BCUT2D eigenvalue weighted by Crippen LogP contribution is 2.21. The molecule has 0 heterocycles. The van der Waals surface area contributed by atoms with E-state index in [4.69, 9.17) is 4.74 Å². The average Bonchev–Trinajstić information content (AvgIpc) is 2.06. The van der Waals surface area contributed by atoms with E-state index in [0.717, 1.165) is 0 Å². The minimum atomic E-state index is 0.494.